The third kappa shape index (κ3) is 4.68. The maximum atomic E-state index is 13.0. The molecule has 0 spiro atoms. The minimum absolute atomic E-state index is 0.151. The van der Waals surface area contributed by atoms with Gasteiger partial charge in [0.1, 0.15) is 18.0 Å². The van der Waals surface area contributed by atoms with Crippen molar-refractivity contribution in [3.63, 3.8) is 0 Å². The number of carbonyl (C=O) groups is 1. The van der Waals surface area contributed by atoms with E-state index in [0.29, 0.717) is 11.6 Å². The van der Waals surface area contributed by atoms with E-state index in [1.165, 1.54) is 0 Å². The van der Waals surface area contributed by atoms with E-state index < -0.39 is 5.60 Å². The number of rotatable bonds is 6. The molecule has 1 aromatic carbocycles. The average Bonchev–Trinajstić information content (AvgIpc) is 2.70. The van der Waals surface area contributed by atoms with Crippen LogP contribution in [0, 0.1) is 0 Å². The molecule has 26 heavy (non-hydrogen) atoms. The standard InChI is InChI=1S/C19H28ClN3O3/c1-25-19(6-8-21-9-7-19)18(24)23-12-10-22(11-13-23)14-15-26-17-4-2-16(20)3-5-17/h2-5,21H,6-15H2,1H3. The summed E-state index contributed by atoms with van der Waals surface area (Å²) in [6.45, 7) is 6.38. The predicted octanol–water partition coefficient (Wildman–Crippen LogP) is 1.63. The molecule has 144 valence electrons. The van der Waals surface area contributed by atoms with E-state index in [9.17, 15) is 4.79 Å². The molecule has 7 heteroatoms. The van der Waals surface area contributed by atoms with Gasteiger partial charge in [-0.2, -0.15) is 0 Å². The summed E-state index contributed by atoms with van der Waals surface area (Å²) in [5.74, 6) is 0.981. The molecule has 0 radical (unpaired) electrons. The Balaban J connectivity index is 1.42. The van der Waals surface area contributed by atoms with Crippen LogP contribution in [0.4, 0.5) is 0 Å². The van der Waals surface area contributed by atoms with Crippen LogP contribution < -0.4 is 10.1 Å². The number of hydrogen-bond acceptors (Lipinski definition) is 5. The van der Waals surface area contributed by atoms with Gasteiger partial charge in [0.25, 0.3) is 5.91 Å². The molecule has 2 fully saturated rings. The fourth-order valence-electron chi connectivity index (χ4n) is 3.62. The Bertz CT molecular complexity index is 582. The molecule has 0 unspecified atom stereocenters. The number of nitrogens with one attached hydrogen (secondary N) is 1. The Morgan fingerprint density at radius 1 is 1.15 bits per heavy atom. The van der Waals surface area contributed by atoms with Crippen LogP contribution in [0.25, 0.3) is 0 Å². The summed E-state index contributed by atoms with van der Waals surface area (Å²) in [5.41, 5.74) is -0.634. The molecule has 2 aliphatic rings. The van der Waals surface area contributed by atoms with Crippen LogP contribution in [0.5, 0.6) is 5.75 Å². The van der Waals surface area contributed by atoms with E-state index in [1.54, 1.807) is 7.11 Å². The van der Waals surface area contributed by atoms with Crippen LogP contribution >= 0.6 is 11.6 Å². The number of hydrogen-bond donors (Lipinski definition) is 1. The lowest BCUT2D eigenvalue weighted by Gasteiger charge is -2.42. The smallest absolute Gasteiger partial charge is 0.254 e. The van der Waals surface area contributed by atoms with Gasteiger partial charge in [-0.15, -0.1) is 0 Å². The van der Waals surface area contributed by atoms with Crippen LogP contribution in [-0.4, -0.2) is 80.8 Å². The van der Waals surface area contributed by atoms with E-state index in [1.807, 2.05) is 29.2 Å². The van der Waals surface area contributed by atoms with E-state index in [0.717, 1.165) is 64.4 Å². The van der Waals surface area contributed by atoms with Gasteiger partial charge in [-0.25, -0.2) is 0 Å². The minimum Gasteiger partial charge on any atom is -0.492 e. The van der Waals surface area contributed by atoms with Crippen molar-refractivity contribution in [2.45, 2.75) is 18.4 Å². The second-order valence-electron chi connectivity index (χ2n) is 6.88. The summed E-state index contributed by atoms with van der Waals surface area (Å²) in [4.78, 5) is 17.3. The van der Waals surface area contributed by atoms with Gasteiger partial charge in [0.05, 0.1) is 0 Å². The molecule has 0 aliphatic carbocycles. The van der Waals surface area contributed by atoms with Crippen LogP contribution in [0.15, 0.2) is 24.3 Å². The molecule has 1 amide bonds. The summed E-state index contributed by atoms with van der Waals surface area (Å²) < 4.78 is 11.4. The molecule has 0 saturated carbocycles. The molecule has 2 aliphatic heterocycles. The molecular formula is C19H28ClN3O3. The summed E-state index contributed by atoms with van der Waals surface area (Å²) in [5, 5.41) is 4.01. The lowest BCUT2D eigenvalue weighted by Crippen LogP contribution is -2.59. The number of benzene rings is 1. The molecular weight excluding hydrogens is 354 g/mol. The van der Waals surface area contributed by atoms with Crippen LogP contribution in [0.1, 0.15) is 12.8 Å². The van der Waals surface area contributed by atoms with Crippen molar-refractivity contribution in [1.82, 2.24) is 15.1 Å². The fraction of sp³-hybridized carbons (Fsp3) is 0.632. The third-order valence-corrected chi connectivity index (χ3v) is 5.59. The highest BCUT2D eigenvalue weighted by atomic mass is 35.5. The summed E-state index contributed by atoms with van der Waals surface area (Å²) in [6.07, 6.45) is 1.49. The highest BCUT2D eigenvalue weighted by Crippen LogP contribution is 2.25. The van der Waals surface area contributed by atoms with Gasteiger partial charge in [-0.05, 0) is 50.2 Å². The lowest BCUT2D eigenvalue weighted by molar-refractivity contribution is -0.160. The van der Waals surface area contributed by atoms with E-state index in [2.05, 4.69) is 10.2 Å². The number of carbonyl (C=O) groups excluding carboxylic acids is 1. The van der Waals surface area contributed by atoms with E-state index >= 15 is 0 Å². The Kier molecular flexibility index (Phi) is 6.75. The van der Waals surface area contributed by atoms with Crippen molar-refractivity contribution in [2.24, 2.45) is 0 Å². The van der Waals surface area contributed by atoms with Crippen LogP contribution in [0.3, 0.4) is 0 Å². The quantitative estimate of drug-likeness (QED) is 0.811. The molecule has 2 heterocycles. The van der Waals surface area contributed by atoms with E-state index in [4.69, 9.17) is 21.1 Å². The zero-order valence-corrected chi connectivity index (χ0v) is 16.1. The SMILES string of the molecule is COC1(C(=O)N2CCN(CCOc3ccc(Cl)cc3)CC2)CCNCC1. The molecule has 2 saturated heterocycles. The zero-order valence-electron chi connectivity index (χ0n) is 15.4. The predicted molar refractivity (Wildman–Crippen MR) is 102 cm³/mol. The van der Waals surface area contributed by atoms with Gasteiger partial charge < -0.3 is 19.7 Å². The zero-order chi connectivity index (χ0) is 18.4. The van der Waals surface area contributed by atoms with Gasteiger partial charge in [0.2, 0.25) is 0 Å². The lowest BCUT2D eigenvalue weighted by atomic mass is 9.90. The highest BCUT2D eigenvalue weighted by Gasteiger charge is 2.42. The molecule has 6 nitrogen and oxygen atoms in total. The first-order valence-electron chi connectivity index (χ1n) is 9.29. The molecule has 1 N–H and O–H groups in total. The van der Waals surface area contributed by atoms with Crippen molar-refractivity contribution in [1.29, 1.82) is 0 Å². The maximum absolute atomic E-state index is 13.0. The normalized spacial score (nSPS) is 20.8. The van der Waals surface area contributed by atoms with Crippen molar-refractivity contribution >= 4 is 17.5 Å². The largest absolute Gasteiger partial charge is 0.492 e. The number of halogens is 1. The highest BCUT2D eigenvalue weighted by molar-refractivity contribution is 6.30. The molecule has 0 atom stereocenters. The van der Waals surface area contributed by atoms with Gasteiger partial charge in [-0.3, -0.25) is 9.69 Å². The van der Waals surface area contributed by atoms with Crippen LogP contribution in [0.2, 0.25) is 5.02 Å². The first-order chi connectivity index (χ1) is 12.6. The number of nitrogens with zero attached hydrogens (tertiary/aromatic N) is 2. The molecule has 0 bridgehead atoms. The minimum atomic E-state index is -0.634. The first kappa shape index (κ1) is 19.4. The summed E-state index contributed by atoms with van der Waals surface area (Å²) in [6, 6.07) is 7.41. The summed E-state index contributed by atoms with van der Waals surface area (Å²) >= 11 is 5.87. The average molecular weight is 382 g/mol. The number of piperazine rings is 1. The second kappa shape index (κ2) is 9.04. The van der Waals surface area contributed by atoms with Gasteiger partial charge in [0, 0.05) is 44.9 Å². The number of piperidine rings is 1. The monoisotopic (exact) mass is 381 g/mol. The Labute approximate surface area is 160 Å². The maximum Gasteiger partial charge on any atom is 0.254 e. The first-order valence-corrected chi connectivity index (χ1v) is 9.67. The number of methoxy groups -OCH3 is 1. The van der Waals surface area contributed by atoms with Crippen molar-refractivity contribution in [3.05, 3.63) is 29.3 Å². The number of amides is 1. The van der Waals surface area contributed by atoms with Crippen LogP contribution in [-0.2, 0) is 9.53 Å². The van der Waals surface area contributed by atoms with Crippen molar-refractivity contribution < 1.29 is 14.3 Å². The van der Waals surface area contributed by atoms with Gasteiger partial charge >= 0.3 is 0 Å². The topological polar surface area (TPSA) is 54.0 Å². The molecule has 3 rings (SSSR count). The summed E-state index contributed by atoms with van der Waals surface area (Å²) in [7, 11) is 1.66. The Morgan fingerprint density at radius 3 is 2.42 bits per heavy atom. The Hall–Kier alpha value is -1.34. The molecule has 1 aromatic rings. The van der Waals surface area contributed by atoms with Crippen molar-refractivity contribution in [3.8, 4) is 5.75 Å². The van der Waals surface area contributed by atoms with Crippen molar-refractivity contribution in [2.75, 3.05) is 59.5 Å². The fourth-order valence-corrected chi connectivity index (χ4v) is 3.75. The van der Waals surface area contributed by atoms with E-state index in [-0.39, 0.29) is 5.91 Å². The number of ether oxygens (including phenoxy) is 2. The second-order valence-corrected chi connectivity index (χ2v) is 7.32. The van der Waals surface area contributed by atoms with Gasteiger partial charge in [-0.1, -0.05) is 11.6 Å². The Morgan fingerprint density at radius 2 is 1.81 bits per heavy atom. The van der Waals surface area contributed by atoms with Gasteiger partial charge in [0.15, 0.2) is 0 Å². The molecule has 0 aromatic heterocycles. The third-order valence-electron chi connectivity index (χ3n) is 5.34.